The van der Waals surface area contributed by atoms with Crippen LogP contribution in [0.2, 0.25) is 0 Å². The normalized spacial score (nSPS) is 12.4. The summed E-state index contributed by atoms with van der Waals surface area (Å²) < 4.78 is 0. The zero-order valence-corrected chi connectivity index (χ0v) is 14.7. The van der Waals surface area contributed by atoms with Gasteiger partial charge in [-0.3, -0.25) is 0 Å². The Balaban J connectivity index is 2.38. The molecule has 0 amide bonds. The molecular weight excluding hydrogens is 271 g/mol. The third-order valence-corrected chi connectivity index (χ3v) is 7.12. The number of benzene rings is 2. The van der Waals surface area contributed by atoms with Gasteiger partial charge in [-0.05, 0) is 68.6 Å². The van der Waals surface area contributed by atoms with E-state index in [1.54, 1.807) is 5.30 Å². The lowest BCUT2D eigenvalue weighted by molar-refractivity contribution is 0.777. The highest BCUT2D eigenvalue weighted by molar-refractivity contribution is 7.73. The zero-order valence-electron chi connectivity index (χ0n) is 13.8. The first-order valence-electron chi connectivity index (χ1n) is 8.04. The van der Waals surface area contributed by atoms with Crippen LogP contribution in [-0.4, -0.2) is 6.16 Å². The second-order valence-electron chi connectivity index (χ2n) is 5.85. The third kappa shape index (κ3) is 3.95. The first-order chi connectivity index (χ1) is 10.1. The van der Waals surface area contributed by atoms with Gasteiger partial charge in [-0.1, -0.05) is 62.2 Å². The van der Waals surface area contributed by atoms with Crippen molar-refractivity contribution in [2.75, 3.05) is 6.16 Å². The van der Waals surface area contributed by atoms with Gasteiger partial charge in [0.25, 0.3) is 0 Å². The maximum absolute atomic E-state index is 2.38. The summed E-state index contributed by atoms with van der Waals surface area (Å²) in [5, 5.41) is 3.10. The topological polar surface area (TPSA) is 0 Å². The van der Waals surface area contributed by atoms with Crippen LogP contribution in [0.3, 0.4) is 0 Å². The molecule has 0 fully saturated rings. The summed E-state index contributed by atoms with van der Waals surface area (Å²) in [6, 6.07) is 15.8. The molecule has 1 unspecified atom stereocenters. The predicted octanol–water partition coefficient (Wildman–Crippen LogP) is 5.23. The van der Waals surface area contributed by atoms with E-state index in [2.05, 4.69) is 70.2 Å². The van der Waals surface area contributed by atoms with Crippen LogP contribution in [0.5, 0.6) is 0 Å². The van der Waals surface area contributed by atoms with Crippen molar-refractivity contribution in [3.8, 4) is 0 Å². The van der Waals surface area contributed by atoms with Crippen molar-refractivity contribution in [1.29, 1.82) is 0 Å². The summed E-state index contributed by atoms with van der Waals surface area (Å²) in [5.74, 6) is 0. The lowest BCUT2D eigenvalue weighted by atomic mass is 10.1. The van der Waals surface area contributed by atoms with E-state index in [-0.39, 0.29) is 7.92 Å². The van der Waals surface area contributed by atoms with Crippen LogP contribution in [0, 0.1) is 20.8 Å². The minimum Gasteiger partial charge on any atom is -0.0654 e. The molecule has 2 aromatic carbocycles. The van der Waals surface area contributed by atoms with Gasteiger partial charge in [-0.15, -0.1) is 0 Å². The quantitative estimate of drug-likeness (QED) is 0.505. The van der Waals surface area contributed by atoms with Gasteiger partial charge in [0.2, 0.25) is 0 Å². The molecule has 2 aromatic rings. The number of unbranched alkanes of at least 4 members (excludes halogenated alkanes) is 2. The van der Waals surface area contributed by atoms with Crippen LogP contribution >= 0.6 is 7.92 Å². The molecule has 0 N–H and O–H groups in total. The largest absolute Gasteiger partial charge is 0.0654 e. The minimum atomic E-state index is -0.212. The number of aryl methyl sites for hydroxylation is 1. The second-order valence-corrected chi connectivity index (χ2v) is 8.15. The molecule has 21 heavy (non-hydrogen) atoms. The first-order valence-corrected chi connectivity index (χ1v) is 9.57. The monoisotopic (exact) mass is 298 g/mol. The molecule has 0 aliphatic heterocycles. The van der Waals surface area contributed by atoms with E-state index in [1.165, 1.54) is 47.4 Å². The SMILES string of the molecule is CCCCCP(c1ccccc1)c1ccc(C)c(C)c1C. The molecule has 0 saturated heterocycles. The van der Waals surface area contributed by atoms with Crippen LogP contribution in [0.15, 0.2) is 42.5 Å². The third-order valence-electron chi connectivity index (χ3n) is 4.37. The molecule has 0 saturated carbocycles. The van der Waals surface area contributed by atoms with E-state index in [4.69, 9.17) is 0 Å². The lowest BCUT2D eigenvalue weighted by Gasteiger charge is -2.22. The van der Waals surface area contributed by atoms with Crippen molar-refractivity contribution in [1.82, 2.24) is 0 Å². The smallest absolute Gasteiger partial charge is 0.0163 e. The maximum Gasteiger partial charge on any atom is -0.0163 e. The zero-order chi connectivity index (χ0) is 15.2. The summed E-state index contributed by atoms with van der Waals surface area (Å²) in [5.41, 5.74) is 4.38. The van der Waals surface area contributed by atoms with Crippen LogP contribution < -0.4 is 10.6 Å². The molecule has 0 heterocycles. The number of hydrogen-bond acceptors (Lipinski definition) is 0. The van der Waals surface area contributed by atoms with Crippen molar-refractivity contribution >= 4 is 18.5 Å². The summed E-state index contributed by atoms with van der Waals surface area (Å²) in [4.78, 5) is 0. The Kier molecular flexibility index (Phi) is 6.00. The van der Waals surface area contributed by atoms with E-state index in [1.807, 2.05) is 0 Å². The second kappa shape index (κ2) is 7.76. The average molecular weight is 298 g/mol. The van der Waals surface area contributed by atoms with Crippen LogP contribution in [0.4, 0.5) is 0 Å². The Bertz CT molecular complexity index is 572. The average Bonchev–Trinajstić information content (AvgIpc) is 2.51. The van der Waals surface area contributed by atoms with Gasteiger partial charge in [0, 0.05) is 0 Å². The van der Waals surface area contributed by atoms with E-state index in [0.29, 0.717) is 0 Å². The van der Waals surface area contributed by atoms with Gasteiger partial charge in [0.15, 0.2) is 0 Å². The first kappa shape index (κ1) is 16.2. The van der Waals surface area contributed by atoms with Gasteiger partial charge in [0.1, 0.15) is 0 Å². The van der Waals surface area contributed by atoms with Gasteiger partial charge >= 0.3 is 0 Å². The molecule has 2 rings (SSSR count). The van der Waals surface area contributed by atoms with Crippen molar-refractivity contribution < 1.29 is 0 Å². The van der Waals surface area contributed by atoms with Crippen LogP contribution in [-0.2, 0) is 0 Å². The highest BCUT2D eigenvalue weighted by Crippen LogP contribution is 2.37. The summed E-state index contributed by atoms with van der Waals surface area (Å²) in [6.07, 6.45) is 5.29. The number of rotatable bonds is 6. The van der Waals surface area contributed by atoms with Crippen molar-refractivity contribution in [2.24, 2.45) is 0 Å². The standard InChI is InChI=1S/C20H27P/c1-5-6-10-15-21(19-11-8-7-9-12-19)20-14-13-16(2)17(3)18(20)4/h7-9,11-14H,5-6,10,15H2,1-4H3. The van der Waals surface area contributed by atoms with E-state index in [9.17, 15) is 0 Å². The summed E-state index contributed by atoms with van der Waals surface area (Å²) in [7, 11) is -0.212. The Morgan fingerprint density at radius 2 is 1.52 bits per heavy atom. The highest BCUT2D eigenvalue weighted by atomic mass is 31.1. The molecule has 1 atom stereocenters. The van der Waals surface area contributed by atoms with Crippen molar-refractivity contribution in [3.05, 3.63) is 59.2 Å². The van der Waals surface area contributed by atoms with Gasteiger partial charge in [0.05, 0.1) is 0 Å². The van der Waals surface area contributed by atoms with Crippen LogP contribution in [0.1, 0.15) is 42.9 Å². The molecule has 0 aliphatic carbocycles. The Morgan fingerprint density at radius 1 is 0.810 bits per heavy atom. The fourth-order valence-corrected chi connectivity index (χ4v) is 5.43. The minimum absolute atomic E-state index is 0.212. The van der Waals surface area contributed by atoms with Crippen LogP contribution in [0.25, 0.3) is 0 Å². The molecule has 0 aliphatic rings. The molecule has 0 spiro atoms. The van der Waals surface area contributed by atoms with E-state index < -0.39 is 0 Å². The van der Waals surface area contributed by atoms with E-state index >= 15 is 0 Å². The summed E-state index contributed by atoms with van der Waals surface area (Å²) in [6.45, 7) is 9.06. The Hall–Kier alpha value is -1.13. The Morgan fingerprint density at radius 3 is 2.19 bits per heavy atom. The number of hydrogen-bond donors (Lipinski definition) is 0. The lowest BCUT2D eigenvalue weighted by Crippen LogP contribution is -2.18. The molecule has 0 bridgehead atoms. The molecule has 0 aromatic heterocycles. The van der Waals surface area contributed by atoms with Crippen molar-refractivity contribution in [2.45, 2.75) is 47.0 Å². The van der Waals surface area contributed by atoms with Crippen molar-refractivity contribution in [3.63, 3.8) is 0 Å². The Labute approximate surface area is 131 Å². The van der Waals surface area contributed by atoms with E-state index in [0.717, 1.165) is 0 Å². The molecule has 1 heteroatoms. The fraction of sp³-hybridized carbons (Fsp3) is 0.400. The van der Waals surface area contributed by atoms with Gasteiger partial charge in [-0.2, -0.15) is 0 Å². The summed E-state index contributed by atoms with van der Waals surface area (Å²) >= 11 is 0. The fourth-order valence-electron chi connectivity index (χ4n) is 2.75. The maximum atomic E-state index is 2.38. The molecule has 0 nitrogen and oxygen atoms in total. The molecular formula is C20H27P. The molecule has 112 valence electrons. The predicted molar refractivity (Wildman–Crippen MR) is 97.7 cm³/mol. The van der Waals surface area contributed by atoms with Gasteiger partial charge in [-0.25, -0.2) is 0 Å². The molecule has 0 radical (unpaired) electrons. The highest BCUT2D eigenvalue weighted by Gasteiger charge is 2.16. The van der Waals surface area contributed by atoms with Gasteiger partial charge < -0.3 is 0 Å².